The van der Waals surface area contributed by atoms with Gasteiger partial charge in [-0.25, -0.2) is 4.79 Å². The van der Waals surface area contributed by atoms with Crippen molar-refractivity contribution >= 4 is 23.5 Å². The van der Waals surface area contributed by atoms with Gasteiger partial charge in [0, 0.05) is 12.1 Å². The van der Waals surface area contributed by atoms with Gasteiger partial charge in [-0.05, 0) is 49.6 Å². The second-order valence-electron chi connectivity index (χ2n) is 6.16. The molecule has 0 aliphatic heterocycles. The van der Waals surface area contributed by atoms with Gasteiger partial charge in [-0.2, -0.15) is 0 Å². The molecular formula is C22H25NO5. The van der Waals surface area contributed by atoms with Gasteiger partial charge in [0.2, 0.25) is 5.91 Å². The number of hydrogen-bond donors (Lipinski definition) is 1. The Morgan fingerprint density at radius 2 is 1.61 bits per heavy atom. The molecule has 0 aliphatic rings. The molecule has 0 aromatic heterocycles. The van der Waals surface area contributed by atoms with E-state index in [1.54, 1.807) is 31.2 Å². The molecule has 2 rings (SSSR count). The van der Waals surface area contributed by atoms with Gasteiger partial charge in [0.25, 0.3) is 0 Å². The number of nitrogens with one attached hydrogen (secondary N) is 1. The molecule has 2 aromatic carbocycles. The Bertz CT molecular complexity index is 771. The highest BCUT2D eigenvalue weighted by Gasteiger charge is 2.10. The first-order chi connectivity index (χ1) is 13.6. The first kappa shape index (κ1) is 21.2. The summed E-state index contributed by atoms with van der Waals surface area (Å²) >= 11 is 0. The fourth-order valence-corrected chi connectivity index (χ4v) is 2.52. The van der Waals surface area contributed by atoms with Crippen LogP contribution in [-0.2, 0) is 25.5 Å². The maximum atomic E-state index is 11.9. The van der Waals surface area contributed by atoms with Crippen molar-refractivity contribution in [3.63, 3.8) is 0 Å². The standard InChI is InChI=1S/C22H25NO5/c1-2-27-22(26)18-10-12-19(13-11-18)23-20(24)14-15-21(25)28-16-6-9-17-7-4-3-5-8-17/h3-5,7-8,10-13H,2,6,9,14-16H2,1H3,(H,23,24). The number of carbonyl (C=O) groups excluding carboxylic acids is 3. The Labute approximate surface area is 164 Å². The number of amides is 1. The summed E-state index contributed by atoms with van der Waals surface area (Å²) in [5.41, 5.74) is 2.17. The van der Waals surface area contributed by atoms with E-state index in [0.29, 0.717) is 24.5 Å². The van der Waals surface area contributed by atoms with Crippen LogP contribution >= 0.6 is 0 Å². The van der Waals surface area contributed by atoms with Crippen molar-refractivity contribution in [1.82, 2.24) is 0 Å². The molecule has 2 aromatic rings. The summed E-state index contributed by atoms with van der Waals surface area (Å²) < 4.78 is 10.1. The SMILES string of the molecule is CCOC(=O)c1ccc(NC(=O)CCC(=O)OCCCc2ccccc2)cc1. The van der Waals surface area contributed by atoms with Gasteiger partial charge in [0.1, 0.15) is 0 Å². The molecule has 6 nitrogen and oxygen atoms in total. The van der Waals surface area contributed by atoms with Crippen LogP contribution in [0.4, 0.5) is 5.69 Å². The molecule has 0 radical (unpaired) electrons. The van der Waals surface area contributed by atoms with E-state index in [4.69, 9.17) is 9.47 Å². The minimum absolute atomic E-state index is 0.0259. The summed E-state index contributed by atoms with van der Waals surface area (Å²) in [5.74, 6) is -1.08. The fourth-order valence-electron chi connectivity index (χ4n) is 2.52. The van der Waals surface area contributed by atoms with Gasteiger partial charge in [0.15, 0.2) is 0 Å². The fraction of sp³-hybridized carbons (Fsp3) is 0.318. The Kier molecular flexibility index (Phi) is 8.72. The lowest BCUT2D eigenvalue weighted by molar-refractivity contribution is -0.144. The molecule has 0 saturated heterocycles. The monoisotopic (exact) mass is 383 g/mol. The van der Waals surface area contributed by atoms with Crippen LogP contribution in [0.25, 0.3) is 0 Å². The lowest BCUT2D eigenvalue weighted by atomic mass is 10.1. The topological polar surface area (TPSA) is 81.7 Å². The normalized spacial score (nSPS) is 10.2. The predicted molar refractivity (Wildman–Crippen MR) is 106 cm³/mol. The van der Waals surface area contributed by atoms with Gasteiger partial charge < -0.3 is 14.8 Å². The van der Waals surface area contributed by atoms with Crippen LogP contribution in [0.5, 0.6) is 0 Å². The van der Waals surface area contributed by atoms with Crippen LogP contribution in [0.2, 0.25) is 0 Å². The number of hydrogen-bond acceptors (Lipinski definition) is 5. The van der Waals surface area contributed by atoms with E-state index < -0.39 is 5.97 Å². The Hall–Kier alpha value is -3.15. The highest BCUT2D eigenvalue weighted by atomic mass is 16.5. The van der Waals surface area contributed by atoms with E-state index in [0.717, 1.165) is 12.8 Å². The van der Waals surface area contributed by atoms with Crippen LogP contribution < -0.4 is 5.32 Å². The molecule has 148 valence electrons. The van der Waals surface area contributed by atoms with Crippen molar-refractivity contribution in [2.24, 2.45) is 0 Å². The zero-order chi connectivity index (χ0) is 20.2. The molecular weight excluding hydrogens is 358 g/mol. The summed E-state index contributed by atoms with van der Waals surface area (Å²) in [6.07, 6.45) is 1.65. The average Bonchev–Trinajstić information content (AvgIpc) is 2.71. The van der Waals surface area contributed by atoms with Crippen molar-refractivity contribution in [1.29, 1.82) is 0 Å². The molecule has 1 amide bonds. The van der Waals surface area contributed by atoms with Crippen molar-refractivity contribution in [3.8, 4) is 0 Å². The zero-order valence-corrected chi connectivity index (χ0v) is 16.0. The first-order valence-electron chi connectivity index (χ1n) is 9.35. The minimum atomic E-state index is -0.407. The number of carbonyl (C=O) groups is 3. The van der Waals surface area contributed by atoms with E-state index in [9.17, 15) is 14.4 Å². The number of aryl methyl sites for hydroxylation is 1. The van der Waals surface area contributed by atoms with Gasteiger partial charge in [-0.15, -0.1) is 0 Å². The molecule has 0 atom stereocenters. The van der Waals surface area contributed by atoms with E-state index >= 15 is 0 Å². The van der Waals surface area contributed by atoms with Crippen molar-refractivity contribution in [2.45, 2.75) is 32.6 Å². The predicted octanol–water partition coefficient (Wildman–Crippen LogP) is 3.76. The van der Waals surface area contributed by atoms with Crippen LogP contribution in [0, 0.1) is 0 Å². The van der Waals surface area contributed by atoms with Gasteiger partial charge >= 0.3 is 11.9 Å². The van der Waals surface area contributed by atoms with Crippen LogP contribution in [0.15, 0.2) is 54.6 Å². The summed E-state index contributed by atoms with van der Waals surface area (Å²) in [5, 5.41) is 2.69. The molecule has 0 heterocycles. The van der Waals surface area contributed by atoms with E-state index in [2.05, 4.69) is 5.32 Å². The number of ether oxygens (including phenoxy) is 2. The van der Waals surface area contributed by atoms with Crippen LogP contribution in [0.3, 0.4) is 0 Å². The third kappa shape index (κ3) is 7.61. The molecule has 1 N–H and O–H groups in total. The van der Waals surface area contributed by atoms with E-state index in [1.807, 2.05) is 30.3 Å². The zero-order valence-electron chi connectivity index (χ0n) is 16.0. The molecule has 6 heteroatoms. The molecule has 0 spiro atoms. The maximum absolute atomic E-state index is 11.9. The smallest absolute Gasteiger partial charge is 0.338 e. The molecule has 28 heavy (non-hydrogen) atoms. The first-order valence-corrected chi connectivity index (χ1v) is 9.35. The average molecular weight is 383 g/mol. The lowest BCUT2D eigenvalue weighted by Gasteiger charge is -2.07. The maximum Gasteiger partial charge on any atom is 0.338 e. The summed E-state index contributed by atoms with van der Waals surface area (Å²) in [4.78, 5) is 35.3. The van der Waals surface area contributed by atoms with Crippen LogP contribution in [0.1, 0.15) is 42.1 Å². The quantitative estimate of drug-likeness (QED) is 0.499. The van der Waals surface area contributed by atoms with Crippen molar-refractivity contribution in [2.75, 3.05) is 18.5 Å². The number of rotatable bonds is 10. The van der Waals surface area contributed by atoms with Gasteiger partial charge in [-0.3, -0.25) is 9.59 Å². The third-order valence-electron chi connectivity index (χ3n) is 3.95. The molecule has 0 unspecified atom stereocenters. The highest BCUT2D eigenvalue weighted by Crippen LogP contribution is 2.11. The summed E-state index contributed by atoms with van der Waals surface area (Å²) in [6.45, 7) is 2.38. The summed E-state index contributed by atoms with van der Waals surface area (Å²) in [6, 6.07) is 16.4. The largest absolute Gasteiger partial charge is 0.466 e. The Morgan fingerprint density at radius 3 is 2.29 bits per heavy atom. The second-order valence-corrected chi connectivity index (χ2v) is 6.16. The van der Waals surface area contributed by atoms with Gasteiger partial charge in [0.05, 0.1) is 25.2 Å². The second kappa shape index (κ2) is 11.5. The summed E-state index contributed by atoms with van der Waals surface area (Å²) in [7, 11) is 0. The van der Waals surface area contributed by atoms with Crippen molar-refractivity contribution < 1.29 is 23.9 Å². The number of benzene rings is 2. The molecule has 0 aliphatic carbocycles. The molecule has 0 saturated carbocycles. The molecule has 0 bridgehead atoms. The third-order valence-corrected chi connectivity index (χ3v) is 3.95. The van der Waals surface area contributed by atoms with Crippen molar-refractivity contribution in [3.05, 3.63) is 65.7 Å². The minimum Gasteiger partial charge on any atom is -0.466 e. The van der Waals surface area contributed by atoms with Crippen LogP contribution in [-0.4, -0.2) is 31.1 Å². The Morgan fingerprint density at radius 1 is 0.893 bits per heavy atom. The Balaban J connectivity index is 1.63. The van der Waals surface area contributed by atoms with E-state index in [1.165, 1.54) is 5.56 Å². The number of anilines is 1. The highest BCUT2D eigenvalue weighted by molar-refractivity contribution is 5.94. The lowest BCUT2D eigenvalue weighted by Crippen LogP contribution is -2.15. The van der Waals surface area contributed by atoms with Gasteiger partial charge in [-0.1, -0.05) is 30.3 Å². The molecule has 0 fully saturated rings. The van der Waals surface area contributed by atoms with E-state index in [-0.39, 0.29) is 24.7 Å². The number of esters is 2.